The van der Waals surface area contributed by atoms with Gasteiger partial charge in [0.15, 0.2) is 0 Å². The Hall–Kier alpha value is -0.570. The van der Waals surface area contributed by atoms with E-state index in [9.17, 15) is 4.79 Å². The number of carbonyl (C=O) groups is 1. The molecule has 1 aliphatic carbocycles. The summed E-state index contributed by atoms with van der Waals surface area (Å²) in [5.74, 6) is 2.97. The summed E-state index contributed by atoms with van der Waals surface area (Å²) in [6.45, 7) is 5.96. The van der Waals surface area contributed by atoms with Crippen LogP contribution in [0.5, 0.6) is 0 Å². The van der Waals surface area contributed by atoms with Crippen LogP contribution in [0.15, 0.2) is 0 Å². The summed E-state index contributed by atoms with van der Waals surface area (Å²) < 4.78 is 5.00. The summed E-state index contributed by atoms with van der Waals surface area (Å²) >= 11 is 0. The fourth-order valence-electron chi connectivity index (χ4n) is 5.91. The first-order valence-corrected chi connectivity index (χ1v) is 16.4. The average molecular weight is 508 g/mol. The molecule has 0 bridgehead atoms. The second kappa shape index (κ2) is 23.5. The molecule has 0 spiro atoms. The summed E-state index contributed by atoms with van der Waals surface area (Å²) in [5, 5.41) is 0. The average Bonchev–Trinajstić information content (AvgIpc) is 3.60. The van der Waals surface area contributed by atoms with Crippen LogP contribution in [0, 0.1) is 17.8 Å². The number of hydrogen-bond acceptors (Lipinski definition) is 3. The number of ether oxygens (including phenoxy) is 1. The quantitative estimate of drug-likeness (QED) is 0.0818. The molecular weight excluding hydrogens is 442 g/mol. The molecular formula is C33H65NO2. The number of unbranched alkanes of at least 4 members (excludes halogenated alkanes) is 13. The molecule has 3 unspecified atom stereocenters. The Bertz CT molecular complexity index is 492. The highest BCUT2D eigenvalue weighted by Gasteiger charge is 2.35. The molecule has 0 radical (unpaired) electrons. The normalized spacial score (nSPS) is 18.0. The number of nitrogens with zero attached hydrogens (tertiary/aromatic N) is 1. The molecule has 0 amide bonds. The van der Waals surface area contributed by atoms with Gasteiger partial charge in [-0.05, 0) is 64.6 Å². The van der Waals surface area contributed by atoms with Gasteiger partial charge in [0.1, 0.15) is 0 Å². The van der Waals surface area contributed by atoms with E-state index in [0.29, 0.717) is 13.0 Å². The summed E-state index contributed by atoms with van der Waals surface area (Å²) in [7, 11) is 4.45. The van der Waals surface area contributed by atoms with E-state index in [1.165, 1.54) is 141 Å². The zero-order valence-corrected chi connectivity index (χ0v) is 25.2. The van der Waals surface area contributed by atoms with Crippen LogP contribution in [-0.4, -0.2) is 38.1 Å². The molecule has 0 aromatic rings. The summed E-state index contributed by atoms with van der Waals surface area (Å²) in [6, 6.07) is 0. The number of rotatable bonds is 27. The van der Waals surface area contributed by atoms with Gasteiger partial charge in [-0.2, -0.15) is 0 Å². The fourth-order valence-corrected chi connectivity index (χ4v) is 5.91. The first-order valence-electron chi connectivity index (χ1n) is 16.4. The molecule has 1 saturated carbocycles. The van der Waals surface area contributed by atoms with Crippen LogP contribution in [0.4, 0.5) is 0 Å². The van der Waals surface area contributed by atoms with Crippen molar-refractivity contribution in [3.63, 3.8) is 0 Å². The minimum atomic E-state index is -0.0190. The first-order chi connectivity index (χ1) is 17.6. The van der Waals surface area contributed by atoms with Crippen molar-refractivity contribution >= 4 is 5.97 Å². The minimum absolute atomic E-state index is 0.0190. The molecule has 1 aliphatic rings. The Morgan fingerprint density at radius 1 is 0.694 bits per heavy atom. The predicted octanol–water partition coefficient (Wildman–Crippen LogP) is 9.97. The molecule has 0 aliphatic heterocycles. The second-order valence-electron chi connectivity index (χ2n) is 12.2. The van der Waals surface area contributed by atoms with E-state index in [2.05, 4.69) is 25.9 Å². The minimum Gasteiger partial charge on any atom is -0.466 e. The van der Waals surface area contributed by atoms with E-state index in [1.54, 1.807) is 0 Å². The lowest BCUT2D eigenvalue weighted by Crippen LogP contribution is -2.17. The first kappa shape index (κ1) is 33.5. The number of carbonyl (C=O) groups excluding carboxylic acids is 1. The van der Waals surface area contributed by atoms with Gasteiger partial charge in [-0.15, -0.1) is 0 Å². The van der Waals surface area contributed by atoms with Gasteiger partial charge >= 0.3 is 5.97 Å². The predicted molar refractivity (Wildman–Crippen MR) is 158 cm³/mol. The van der Waals surface area contributed by atoms with Crippen molar-refractivity contribution in [2.24, 2.45) is 17.8 Å². The summed E-state index contributed by atoms with van der Waals surface area (Å²) in [6.07, 6.45) is 31.5. The molecule has 36 heavy (non-hydrogen) atoms. The Morgan fingerprint density at radius 3 is 1.72 bits per heavy atom. The SMILES string of the molecule is CCCCCCCCCC(CCCCCCCCC1CC1CCCCCC(=O)OCC)CCN(C)C. The van der Waals surface area contributed by atoms with Gasteiger partial charge in [0.25, 0.3) is 0 Å². The van der Waals surface area contributed by atoms with Crippen molar-refractivity contribution in [3.05, 3.63) is 0 Å². The third-order valence-corrected chi connectivity index (χ3v) is 8.47. The van der Waals surface area contributed by atoms with E-state index in [4.69, 9.17) is 4.74 Å². The maximum Gasteiger partial charge on any atom is 0.305 e. The van der Waals surface area contributed by atoms with Crippen molar-refractivity contribution in [1.29, 1.82) is 0 Å². The zero-order chi connectivity index (χ0) is 26.3. The molecule has 0 aromatic carbocycles. The third-order valence-electron chi connectivity index (χ3n) is 8.47. The third kappa shape index (κ3) is 20.5. The lowest BCUT2D eigenvalue weighted by atomic mass is 9.91. The lowest BCUT2D eigenvalue weighted by Gasteiger charge is -2.19. The van der Waals surface area contributed by atoms with Crippen LogP contribution in [0.1, 0.15) is 162 Å². The van der Waals surface area contributed by atoms with Crippen LogP contribution in [-0.2, 0) is 9.53 Å². The van der Waals surface area contributed by atoms with Gasteiger partial charge in [-0.3, -0.25) is 4.79 Å². The Kier molecular flexibility index (Phi) is 21.9. The van der Waals surface area contributed by atoms with E-state index in [1.807, 2.05) is 6.92 Å². The molecule has 1 rings (SSSR count). The molecule has 3 heteroatoms. The second-order valence-corrected chi connectivity index (χ2v) is 12.2. The highest BCUT2D eigenvalue weighted by Crippen LogP contribution is 2.45. The Balaban J connectivity index is 1.94. The van der Waals surface area contributed by atoms with Crippen molar-refractivity contribution in [3.8, 4) is 0 Å². The van der Waals surface area contributed by atoms with Crippen LogP contribution >= 0.6 is 0 Å². The number of esters is 1. The molecule has 0 aromatic heterocycles. The van der Waals surface area contributed by atoms with Gasteiger partial charge < -0.3 is 9.64 Å². The molecule has 3 atom stereocenters. The van der Waals surface area contributed by atoms with Crippen molar-refractivity contribution in [2.75, 3.05) is 27.2 Å². The van der Waals surface area contributed by atoms with Gasteiger partial charge in [-0.25, -0.2) is 0 Å². The Morgan fingerprint density at radius 2 is 1.19 bits per heavy atom. The van der Waals surface area contributed by atoms with Crippen LogP contribution in [0.3, 0.4) is 0 Å². The Labute approximate surface area is 226 Å². The summed E-state index contributed by atoms with van der Waals surface area (Å²) in [4.78, 5) is 13.7. The molecule has 3 nitrogen and oxygen atoms in total. The molecule has 0 heterocycles. The molecule has 0 N–H and O–H groups in total. The maximum absolute atomic E-state index is 11.4. The lowest BCUT2D eigenvalue weighted by molar-refractivity contribution is -0.143. The van der Waals surface area contributed by atoms with Gasteiger partial charge in [0.05, 0.1) is 6.61 Å². The number of hydrogen-bond donors (Lipinski definition) is 0. The van der Waals surface area contributed by atoms with Gasteiger partial charge in [-0.1, -0.05) is 129 Å². The van der Waals surface area contributed by atoms with Crippen molar-refractivity contribution < 1.29 is 9.53 Å². The van der Waals surface area contributed by atoms with E-state index >= 15 is 0 Å². The molecule has 1 fully saturated rings. The standard InChI is InChI=1S/C33H65NO2/c1-5-7-8-9-10-13-17-22-30(27-28-34(3)4)23-18-14-11-12-15-19-24-31-29-32(31)25-20-16-21-26-33(35)36-6-2/h30-32H,5-29H2,1-4H3. The zero-order valence-electron chi connectivity index (χ0n) is 25.2. The van der Waals surface area contributed by atoms with E-state index < -0.39 is 0 Å². The topological polar surface area (TPSA) is 29.5 Å². The van der Waals surface area contributed by atoms with E-state index in [-0.39, 0.29) is 5.97 Å². The van der Waals surface area contributed by atoms with E-state index in [0.717, 1.165) is 24.2 Å². The monoisotopic (exact) mass is 508 g/mol. The maximum atomic E-state index is 11.4. The van der Waals surface area contributed by atoms with Crippen LogP contribution in [0.25, 0.3) is 0 Å². The van der Waals surface area contributed by atoms with Crippen LogP contribution in [0.2, 0.25) is 0 Å². The molecule has 214 valence electrons. The largest absolute Gasteiger partial charge is 0.466 e. The smallest absolute Gasteiger partial charge is 0.305 e. The summed E-state index contributed by atoms with van der Waals surface area (Å²) in [5.41, 5.74) is 0. The van der Waals surface area contributed by atoms with Gasteiger partial charge in [0, 0.05) is 6.42 Å². The van der Waals surface area contributed by atoms with Crippen LogP contribution < -0.4 is 0 Å². The highest BCUT2D eigenvalue weighted by molar-refractivity contribution is 5.69. The molecule has 0 saturated heterocycles. The highest BCUT2D eigenvalue weighted by atomic mass is 16.5. The van der Waals surface area contributed by atoms with Crippen molar-refractivity contribution in [2.45, 2.75) is 162 Å². The van der Waals surface area contributed by atoms with Gasteiger partial charge in [0.2, 0.25) is 0 Å². The van der Waals surface area contributed by atoms with Crippen molar-refractivity contribution in [1.82, 2.24) is 4.90 Å². The fraction of sp³-hybridized carbons (Fsp3) is 0.970.